The molecule has 0 N–H and O–H groups in total. The van der Waals surface area contributed by atoms with Crippen LogP contribution in [0, 0.1) is 0 Å². The van der Waals surface area contributed by atoms with E-state index in [4.69, 9.17) is 9.47 Å². The molecular formula is C10H16F3O4P. The Morgan fingerprint density at radius 3 is 1.78 bits per heavy atom. The molecule has 0 aromatic carbocycles. The van der Waals surface area contributed by atoms with Crippen LogP contribution in [0.3, 0.4) is 0 Å². The van der Waals surface area contributed by atoms with Crippen molar-refractivity contribution in [2.45, 2.75) is 6.36 Å². The van der Waals surface area contributed by atoms with Crippen LogP contribution in [0.1, 0.15) is 0 Å². The summed E-state index contributed by atoms with van der Waals surface area (Å²) in [5.74, 6) is 0. The average molecular weight is 288 g/mol. The van der Waals surface area contributed by atoms with Gasteiger partial charge in [-0.1, -0.05) is 12.2 Å². The minimum absolute atomic E-state index is 0.0947. The maximum Gasteiger partial charge on any atom is 0.522 e. The van der Waals surface area contributed by atoms with Crippen LogP contribution in [0.15, 0.2) is 25.3 Å². The second-order valence-corrected chi connectivity index (χ2v) is 6.25. The first kappa shape index (κ1) is 17.4. The molecule has 0 unspecified atom stereocenters. The Morgan fingerprint density at radius 2 is 1.44 bits per heavy atom. The molecule has 0 rings (SSSR count). The van der Waals surface area contributed by atoms with Gasteiger partial charge in [0.15, 0.2) is 7.14 Å². The van der Waals surface area contributed by atoms with Crippen molar-refractivity contribution in [3.8, 4) is 0 Å². The van der Waals surface area contributed by atoms with Gasteiger partial charge in [0.25, 0.3) is 0 Å². The fourth-order valence-corrected chi connectivity index (χ4v) is 2.39. The van der Waals surface area contributed by atoms with E-state index in [1.807, 2.05) is 0 Å². The van der Waals surface area contributed by atoms with Crippen LogP contribution in [0.5, 0.6) is 0 Å². The monoisotopic (exact) mass is 288 g/mol. The van der Waals surface area contributed by atoms with Crippen LogP contribution in [-0.2, 0) is 18.8 Å². The largest absolute Gasteiger partial charge is 0.522 e. The summed E-state index contributed by atoms with van der Waals surface area (Å²) in [6, 6.07) is 0. The lowest BCUT2D eigenvalue weighted by molar-refractivity contribution is -0.316. The highest BCUT2D eigenvalue weighted by molar-refractivity contribution is 7.63. The highest BCUT2D eigenvalue weighted by atomic mass is 31.2. The van der Waals surface area contributed by atoms with Crippen LogP contribution in [-0.4, -0.2) is 38.6 Å². The first-order valence-electron chi connectivity index (χ1n) is 4.98. The summed E-state index contributed by atoms with van der Waals surface area (Å²) >= 11 is 0. The molecule has 0 aliphatic carbocycles. The number of hydrogen-bond donors (Lipinski definition) is 0. The van der Waals surface area contributed by atoms with Crippen molar-refractivity contribution in [1.29, 1.82) is 0 Å². The molecule has 0 amide bonds. The van der Waals surface area contributed by atoms with Crippen molar-refractivity contribution in [3.05, 3.63) is 25.3 Å². The number of alkyl halides is 3. The van der Waals surface area contributed by atoms with Gasteiger partial charge in [0, 0.05) is 0 Å². The fraction of sp³-hybridized carbons (Fsp3) is 0.600. The Labute approximate surface area is 104 Å². The van der Waals surface area contributed by atoms with E-state index in [0.29, 0.717) is 0 Å². The number of ether oxygens (including phenoxy) is 3. The van der Waals surface area contributed by atoms with Crippen molar-refractivity contribution in [2.75, 3.05) is 32.3 Å². The Bertz CT molecular complexity index is 286. The summed E-state index contributed by atoms with van der Waals surface area (Å²) in [4.78, 5) is 0. The Hall–Kier alpha value is -0.620. The van der Waals surface area contributed by atoms with E-state index >= 15 is 0 Å². The molecule has 18 heavy (non-hydrogen) atoms. The van der Waals surface area contributed by atoms with Crippen molar-refractivity contribution in [2.24, 2.45) is 0 Å². The highest BCUT2D eigenvalue weighted by Gasteiger charge is 2.34. The summed E-state index contributed by atoms with van der Waals surface area (Å²) in [5, 5.41) is 0. The lowest BCUT2D eigenvalue weighted by Crippen LogP contribution is -2.17. The van der Waals surface area contributed by atoms with Crippen molar-refractivity contribution >= 4 is 7.14 Å². The second-order valence-electron chi connectivity index (χ2n) is 3.35. The zero-order chi connectivity index (χ0) is 14.1. The molecular weight excluding hydrogens is 272 g/mol. The fourth-order valence-electron chi connectivity index (χ4n) is 0.907. The molecule has 0 saturated carbocycles. The molecule has 8 heteroatoms. The highest BCUT2D eigenvalue weighted by Crippen LogP contribution is 2.46. The van der Waals surface area contributed by atoms with E-state index in [-0.39, 0.29) is 25.9 Å². The van der Waals surface area contributed by atoms with E-state index < -0.39 is 19.9 Å². The molecule has 0 saturated heterocycles. The van der Waals surface area contributed by atoms with Gasteiger partial charge in [-0.15, -0.1) is 26.3 Å². The van der Waals surface area contributed by atoms with Crippen LogP contribution in [0.4, 0.5) is 13.2 Å². The third-order valence-electron chi connectivity index (χ3n) is 1.59. The quantitative estimate of drug-likeness (QED) is 0.352. The van der Waals surface area contributed by atoms with Crippen molar-refractivity contribution < 1.29 is 31.9 Å². The first-order chi connectivity index (χ1) is 8.33. The average Bonchev–Trinajstić information content (AvgIpc) is 2.27. The summed E-state index contributed by atoms with van der Waals surface area (Å²) in [5.41, 5.74) is 0. The van der Waals surface area contributed by atoms with Gasteiger partial charge in [0.05, 0.1) is 13.2 Å². The van der Waals surface area contributed by atoms with Gasteiger partial charge in [0.1, 0.15) is 19.0 Å². The maximum atomic E-state index is 12.1. The van der Waals surface area contributed by atoms with Crippen LogP contribution >= 0.6 is 7.14 Å². The van der Waals surface area contributed by atoms with Crippen LogP contribution in [0.2, 0.25) is 0 Å². The van der Waals surface area contributed by atoms with E-state index in [0.717, 1.165) is 0 Å². The maximum absolute atomic E-state index is 12.1. The third kappa shape index (κ3) is 9.41. The lowest BCUT2D eigenvalue weighted by Gasteiger charge is -2.18. The van der Waals surface area contributed by atoms with Gasteiger partial charge in [-0.25, -0.2) is 0 Å². The van der Waals surface area contributed by atoms with Gasteiger partial charge >= 0.3 is 6.36 Å². The number of hydrogen-bond acceptors (Lipinski definition) is 4. The molecule has 0 aliphatic heterocycles. The summed E-state index contributed by atoms with van der Waals surface area (Å²) in [6.45, 7) is 6.93. The van der Waals surface area contributed by atoms with Gasteiger partial charge in [-0.3, -0.25) is 4.74 Å². The molecule has 0 heterocycles. The summed E-state index contributed by atoms with van der Waals surface area (Å²) in [7, 11) is -3.36. The molecule has 0 aromatic heterocycles. The molecule has 0 spiro atoms. The first-order valence-corrected chi connectivity index (χ1v) is 7.24. The Kier molecular flexibility index (Phi) is 8.18. The van der Waals surface area contributed by atoms with Gasteiger partial charge in [-0.2, -0.15) is 0 Å². The number of halogens is 3. The normalized spacial score (nSPS) is 12.4. The predicted molar refractivity (Wildman–Crippen MR) is 61.6 cm³/mol. The molecule has 0 fully saturated rings. The van der Waals surface area contributed by atoms with E-state index in [1.54, 1.807) is 0 Å². The SMILES string of the molecule is C=CCOCP(=O)(COCC=C)COC(F)(F)F. The lowest BCUT2D eigenvalue weighted by atomic mass is 10.7. The zero-order valence-electron chi connectivity index (χ0n) is 9.82. The Balaban J connectivity index is 4.33. The minimum Gasteiger partial charge on any atom is -0.370 e. The molecule has 4 nitrogen and oxygen atoms in total. The van der Waals surface area contributed by atoms with Crippen molar-refractivity contribution in [3.63, 3.8) is 0 Å². The van der Waals surface area contributed by atoms with Crippen LogP contribution < -0.4 is 0 Å². The van der Waals surface area contributed by atoms with Gasteiger partial charge in [0.2, 0.25) is 0 Å². The van der Waals surface area contributed by atoms with Gasteiger partial charge in [-0.05, 0) is 0 Å². The minimum atomic E-state index is -4.83. The molecule has 0 atom stereocenters. The standard InChI is InChI=1S/C10H16F3O4P/c1-3-5-15-7-18(14,8-16-6-4-2)9-17-10(11,12)13/h3-4H,1-2,5-9H2. The second kappa shape index (κ2) is 8.48. The third-order valence-corrected chi connectivity index (χ3v) is 3.49. The van der Waals surface area contributed by atoms with E-state index in [9.17, 15) is 17.7 Å². The Morgan fingerprint density at radius 1 is 1.00 bits per heavy atom. The molecule has 0 bridgehead atoms. The topological polar surface area (TPSA) is 44.8 Å². The predicted octanol–water partition coefficient (Wildman–Crippen LogP) is 3.16. The summed E-state index contributed by atoms with van der Waals surface area (Å²) < 4.78 is 61.2. The van der Waals surface area contributed by atoms with E-state index in [1.165, 1.54) is 12.2 Å². The molecule has 0 aromatic rings. The zero-order valence-corrected chi connectivity index (χ0v) is 10.7. The van der Waals surface area contributed by atoms with E-state index in [2.05, 4.69) is 17.9 Å². The number of rotatable bonds is 10. The van der Waals surface area contributed by atoms with Crippen molar-refractivity contribution in [1.82, 2.24) is 0 Å². The molecule has 0 radical (unpaired) electrons. The molecule has 106 valence electrons. The smallest absolute Gasteiger partial charge is 0.370 e. The van der Waals surface area contributed by atoms with Crippen LogP contribution in [0.25, 0.3) is 0 Å². The summed E-state index contributed by atoms with van der Waals surface area (Å²) in [6.07, 6.45) is -3.70. The van der Waals surface area contributed by atoms with Gasteiger partial charge < -0.3 is 14.0 Å². The molecule has 0 aliphatic rings.